The van der Waals surface area contributed by atoms with Gasteiger partial charge >= 0.3 is 0 Å². The minimum atomic E-state index is -2.92. The van der Waals surface area contributed by atoms with Gasteiger partial charge in [-0.25, -0.2) is 8.42 Å². The zero-order valence-electron chi connectivity index (χ0n) is 11.7. The maximum absolute atomic E-state index is 11.0. The highest BCUT2D eigenvalue weighted by molar-refractivity contribution is 7.90. The molecule has 1 N–H and O–H groups in total. The Bertz CT molecular complexity index is 308. The van der Waals surface area contributed by atoms with E-state index in [-0.39, 0.29) is 11.3 Å². The number of likely N-dealkylation sites (N-methyl/N-ethyl adjacent to an activating group) is 1. The molecule has 104 valence electrons. The van der Waals surface area contributed by atoms with Gasteiger partial charge in [0.2, 0.25) is 0 Å². The van der Waals surface area contributed by atoms with E-state index in [1.165, 1.54) is 6.26 Å². The van der Waals surface area contributed by atoms with Crippen LogP contribution in [0.1, 0.15) is 39.5 Å². The summed E-state index contributed by atoms with van der Waals surface area (Å²) in [6.07, 6.45) is 3.53. The maximum Gasteiger partial charge on any atom is 0.147 e. The minimum absolute atomic E-state index is 0.154. The second-order valence-corrected chi connectivity index (χ2v) is 7.25. The lowest BCUT2D eigenvalue weighted by Crippen LogP contribution is -2.52. The second kappa shape index (κ2) is 6.71. The van der Waals surface area contributed by atoms with Gasteiger partial charge in [-0.1, -0.05) is 13.8 Å². The Morgan fingerprint density at radius 3 is 2.00 bits per heavy atom. The normalized spacial score (nSPS) is 15.2. The third-order valence-corrected chi connectivity index (χ3v) is 4.76. The Morgan fingerprint density at radius 1 is 1.24 bits per heavy atom. The highest BCUT2D eigenvalue weighted by Gasteiger charge is 2.36. The SMILES string of the molecule is CCC(CC)(C(O)CCCS(C)(=O)=O)N(C)C. The van der Waals surface area contributed by atoms with E-state index in [2.05, 4.69) is 18.7 Å². The Labute approximate surface area is 106 Å². The van der Waals surface area contributed by atoms with Gasteiger partial charge in [-0.2, -0.15) is 0 Å². The Kier molecular flexibility index (Phi) is 6.66. The van der Waals surface area contributed by atoms with E-state index in [1.54, 1.807) is 0 Å². The number of aliphatic hydroxyl groups excluding tert-OH is 1. The van der Waals surface area contributed by atoms with Crippen molar-refractivity contribution in [2.45, 2.75) is 51.2 Å². The summed E-state index contributed by atoms with van der Waals surface area (Å²) in [6.45, 7) is 4.12. The minimum Gasteiger partial charge on any atom is -0.391 e. The van der Waals surface area contributed by atoms with Crippen molar-refractivity contribution in [2.75, 3.05) is 26.1 Å². The molecule has 0 fully saturated rings. The average Bonchev–Trinajstić information content (AvgIpc) is 2.17. The van der Waals surface area contributed by atoms with Crippen molar-refractivity contribution >= 4 is 9.84 Å². The number of hydrogen-bond donors (Lipinski definition) is 1. The van der Waals surface area contributed by atoms with Gasteiger partial charge in [-0.3, -0.25) is 0 Å². The number of nitrogens with zero attached hydrogens (tertiary/aromatic N) is 1. The summed E-state index contributed by atoms with van der Waals surface area (Å²) in [5.41, 5.74) is -0.239. The van der Waals surface area contributed by atoms with E-state index in [9.17, 15) is 13.5 Å². The van der Waals surface area contributed by atoms with Crippen LogP contribution in [0, 0.1) is 0 Å². The molecule has 4 nitrogen and oxygen atoms in total. The number of hydrogen-bond acceptors (Lipinski definition) is 4. The van der Waals surface area contributed by atoms with E-state index in [1.807, 2.05) is 14.1 Å². The summed E-state index contributed by atoms with van der Waals surface area (Å²) in [7, 11) is 1.01. The molecule has 0 aromatic carbocycles. The summed E-state index contributed by atoms with van der Waals surface area (Å²) in [6, 6.07) is 0. The molecule has 0 spiro atoms. The van der Waals surface area contributed by atoms with Crippen LogP contribution in [0.5, 0.6) is 0 Å². The van der Waals surface area contributed by atoms with Crippen LogP contribution in [0.25, 0.3) is 0 Å². The van der Waals surface area contributed by atoms with Crippen LogP contribution in [0.15, 0.2) is 0 Å². The van der Waals surface area contributed by atoms with Crippen LogP contribution in [0.3, 0.4) is 0 Å². The summed E-state index contributed by atoms with van der Waals surface area (Å²) in [5.74, 6) is 0.154. The molecule has 5 heteroatoms. The monoisotopic (exact) mass is 265 g/mol. The van der Waals surface area contributed by atoms with Crippen LogP contribution in [0.4, 0.5) is 0 Å². The summed E-state index contributed by atoms with van der Waals surface area (Å²) in [4.78, 5) is 2.05. The fourth-order valence-electron chi connectivity index (χ4n) is 2.46. The lowest BCUT2D eigenvalue weighted by Gasteiger charge is -2.42. The molecule has 0 radical (unpaired) electrons. The van der Waals surface area contributed by atoms with E-state index < -0.39 is 15.9 Å². The molecule has 0 bridgehead atoms. The molecule has 0 aliphatic rings. The molecule has 0 rings (SSSR count). The molecular formula is C12H27NO3S. The fourth-order valence-corrected chi connectivity index (χ4v) is 3.15. The van der Waals surface area contributed by atoms with Crippen molar-refractivity contribution in [1.82, 2.24) is 4.90 Å². The largest absolute Gasteiger partial charge is 0.391 e. The van der Waals surface area contributed by atoms with E-state index >= 15 is 0 Å². The van der Waals surface area contributed by atoms with E-state index in [0.717, 1.165) is 12.8 Å². The van der Waals surface area contributed by atoms with E-state index in [0.29, 0.717) is 12.8 Å². The van der Waals surface area contributed by atoms with Crippen molar-refractivity contribution in [2.24, 2.45) is 0 Å². The predicted molar refractivity (Wildman–Crippen MR) is 72.0 cm³/mol. The first-order valence-electron chi connectivity index (χ1n) is 6.22. The first kappa shape index (κ1) is 16.9. The predicted octanol–water partition coefficient (Wildman–Crippen LogP) is 1.29. The van der Waals surface area contributed by atoms with Gasteiger partial charge < -0.3 is 10.0 Å². The summed E-state index contributed by atoms with van der Waals surface area (Å²) < 4.78 is 22.1. The smallest absolute Gasteiger partial charge is 0.147 e. The highest BCUT2D eigenvalue weighted by Crippen LogP contribution is 2.28. The Hall–Kier alpha value is -0.130. The lowest BCUT2D eigenvalue weighted by molar-refractivity contribution is -0.0177. The van der Waals surface area contributed by atoms with Crippen LogP contribution >= 0.6 is 0 Å². The quantitative estimate of drug-likeness (QED) is 0.718. The Balaban J connectivity index is 4.49. The standard InChI is InChI=1S/C12H27NO3S/c1-6-12(7-2,13(3)4)11(14)9-8-10-17(5,15)16/h11,14H,6-10H2,1-5H3. The molecule has 0 aliphatic heterocycles. The molecule has 0 saturated heterocycles. The van der Waals surface area contributed by atoms with Crippen LogP contribution in [-0.4, -0.2) is 56.2 Å². The molecule has 0 aliphatic carbocycles. The number of aliphatic hydroxyl groups is 1. The maximum atomic E-state index is 11.0. The lowest BCUT2D eigenvalue weighted by atomic mass is 9.83. The molecule has 0 aromatic rings. The summed E-state index contributed by atoms with van der Waals surface area (Å²) >= 11 is 0. The van der Waals surface area contributed by atoms with Gasteiger partial charge in [0.25, 0.3) is 0 Å². The topological polar surface area (TPSA) is 57.6 Å². The summed E-state index contributed by atoms with van der Waals surface area (Å²) in [5, 5.41) is 10.3. The molecule has 0 amide bonds. The highest BCUT2D eigenvalue weighted by atomic mass is 32.2. The third kappa shape index (κ3) is 4.94. The number of rotatable bonds is 8. The molecule has 1 atom stereocenters. The van der Waals surface area contributed by atoms with Gasteiger partial charge in [0.05, 0.1) is 6.10 Å². The first-order valence-corrected chi connectivity index (χ1v) is 8.29. The van der Waals surface area contributed by atoms with Gasteiger partial charge in [-0.05, 0) is 39.8 Å². The molecule has 1 unspecified atom stereocenters. The van der Waals surface area contributed by atoms with Crippen molar-refractivity contribution in [1.29, 1.82) is 0 Å². The third-order valence-electron chi connectivity index (χ3n) is 3.73. The van der Waals surface area contributed by atoms with Crippen molar-refractivity contribution in [3.63, 3.8) is 0 Å². The van der Waals surface area contributed by atoms with Gasteiger partial charge in [-0.15, -0.1) is 0 Å². The average molecular weight is 265 g/mol. The van der Waals surface area contributed by atoms with E-state index in [4.69, 9.17) is 0 Å². The van der Waals surface area contributed by atoms with Gasteiger partial charge in [0.1, 0.15) is 9.84 Å². The second-order valence-electron chi connectivity index (χ2n) is 4.99. The number of sulfone groups is 1. The van der Waals surface area contributed by atoms with Crippen molar-refractivity contribution in [3.8, 4) is 0 Å². The van der Waals surface area contributed by atoms with Gasteiger partial charge in [0.15, 0.2) is 0 Å². The molecule has 17 heavy (non-hydrogen) atoms. The van der Waals surface area contributed by atoms with Crippen LogP contribution in [-0.2, 0) is 9.84 Å². The van der Waals surface area contributed by atoms with Crippen molar-refractivity contribution < 1.29 is 13.5 Å². The first-order chi connectivity index (χ1) is 7.69. The van der Waals surface area contributed by atoms with Crippen LogP contribution < -0.4 is 0 Å². The zero-order chi connectivity index (χ0) is 13.7. The Morgan fingerprint density at radius 2 is 1.71 bits per heavy atom. The zero-order valence-corrected chi connectivity index (χ0v) is 12.5. The van der Waals surface area contributed by atoms with Crippen LogP contribution in [0.2, 0.25) is 0 Å². The van der Waals surface area contributed by atoms with Crippen molar-refractivity contribution in [3.05, 3.63) is 0 Å². The molecule has 0 saturated carbocycles. The van der Waals surface area contributed by atoms with Gasteiger partial charge in [0, 0.05) is 17.5 Å². The molecule has 0 aromatic heterocycles. The molecular weight excluding hydrogens is 238 g/mol. The fraction of sp³-hybridized carbons (Fsp3) is 1.00. The molecule has 0 heterocycles.